The minimum absolute atomic E-state index is 0.171. The Morgan fingerprint density at radius 2 is 1.06 bits per heavy atom. The first-order chi connectivity index (χ1) is 38.9. The fourth-order valence-electron chi connectivity index (χ4n) is 12.4. The Hall–Kier alpha value is -9.12. The van der Waals surface area contributed by atoms with Crippen LogP contribution in [0.25, 0.3) is 88.4 Å². The lowest BCUT2D eigenvalue weighted by molar-refractivity contribution is 0.478. The molecule has 0 unspecified atom stereocenters. The van der Waals surface area contributed by atoms with Gasteiger partial charge in [-0.2, -0.15) is 0 Å². The molecule has 1 heterocycles. The van der Waals surface area contributed by atoms with Gasteiger partial charge in [-0.25, -0.2) is 0 Å². The third-order valence-electron chi connectivity index (χ3n) is 16.5. The number of hydrogen-bond acceptors (Lipinski definition) is 4. The summed E-state index contributed by atoms with van der Waals surface area (Å²) in [6.45, 7) is 24.4. The normalized spacial score (nSPS) is 12.0. The van der Waals surface area contributed by atoms with Gasteiger partial charge in [0.25, 0.3) is 0 Å². The summed E-state index contributed by atoms with van der Waals surface area (Å²) < 4.78 is 7.32. The first-order valence-corrected chi connectivity index (χ1v) is 28.3. The van der Waals surface area contributed by atoms with Crippen LogP contribution >= 0.6 is 0 Å². The minimum Gasteiger partial charge on any atom is -0.505 e. The first-order valence-electron chi connectivity index (χ1n) is 28.3. The first kappa shape index (κ1) is 51.6. The molecule has 11 aromatic carbocycles. The number of phenols is 1. The fourth-order valence-corrected chi connectivity index (χ4v) is 12.4. The molecule has 4 nitrogen and oxygen atoms in total. The average Bonchev–Trinajstić information content (AvgIpc) is 4.01. The zero-order valence-corrected chi connectivity index (χ0v) is 47.4. The second kappa shape index (κ2) is 20.9. The van der Waals surface area contributed by atoms with Gasteiger partial charge >= 0.3 is 0 Å². The van der Waals surface area contributed by atoms with E-state index in [4.69, 9.17) is 4.42 Å². The lowest BCUT2D eigenvalue weighted by atomic mass is 9.84. The summed E-state index contributed by atoms with van der Waals surface area (Å²) in [6, 6.07) is 70.1. The largest absolute Gasteiger partial charge is 0.505 e. The molecule has 394 valence electrons. The summed E-state index contributed by atoms with van der Waals surface area (Å²) in [4.78, 5) is 4.70. The van der Waals surface area contributed by atoms with Crippen LogP contribution in [0.3, 0.4) is 0 Å². The number of allylic oxidation sites excluding steroid dienone is 1. The monoisotopic (exact) mass is 1040 g/mol. The van der Waals surface area contributed by atoms with Crippen molar-refractivity contribution in [3.8, 4) is 39.1 Å². The highest BCUT2D eigenvalue weighted by atomic mass is 16.3. The van der Waals surface area contributed by atoms with E-state index in [1.165, 1.54) is 60.5 Å². The van der Waals surface area contributed by atoms with Crippen LogP contribution in [-0.2, 0) is 6.42 Å². The number of rotatable bonds is 14. The van der Waals surface area contributed by atoms with Crippen molar-refractivity contribution in [1.82, 2.24) is 0 Å². The number of anilines is 5. The van der Waals surface area contributed by atoms with E-state index in [-0.39, 0.29) is 17.6 Å². The molecule has 4 heteroatoms. The fraction of sp³-hybridized carbons (Fsp3) is 0.158. The van der Waals surface area contributed by atoms with Crippen molar-refractivity contribution < 1.29 is 9.52 Å². The van der Waals surface area contributed by atoms with Gasteiger partial charge in [0.15, 0.2) is 5.76 Å². The minimum atomic E-state index is 0.171. The van der Waals surface area contributed by atoms with Crippen LogP contribution in [-0.4, -0.2) is 5.11 Å². The number of hydrogen-bond donors (Lipinski definition) is 1. The molecule has 80 heavy (non-hydrogen) atoms. The molecule has 0 spiro atoms. The number of phenolic OH excluding ortho intramolecular Hbond substituents is 1. The topological polar surface area (TPSA) is 39.9 Å². The smallest absolute Gasteiger partial charge is 0.159 e. The van der Waals surface area contributed by atoms with E-state index >= 15 is 0 Å². The van der Waals surface area contributed by atoms with Crippen LogP contribution in [0.15, 0.2) is 211 Å². The number of aromatic hydroxyl groups is 1. The van der Waals surface area contributed by atoms with E-state index < -0.39 is 0 Å². The average molecular weight is 1040 g/mol. The Morgan fingerprint density at radius 3 is 1.69 bits per heavy atom. The van der Waals surface area contributed by atoms with E-state index in [1.807, 2.05) is 12.1 Å². The molecule has 0 saturated carbocycles. The Morgan fingerprint density at radius 1 is 0.525 bits per heavy atom. The molecule has 0 aliphatic rings. The molecular weight excluding hydrogens is 973 g/mol. The SMILES string of the molecule is C=Cc1c(/C(=C\C)N(c2ccc(C)cc2)c2cc(C(C)C)c3ccc4c(N(c5ccc(C)cc5)c5cccc(-c6cccc(-c7ccccc7C)c6)c5O)cc(C(C)C)c5ccc2c3c54)oc2c(-c3ccccc3CC)cccc12. The van der Waals surface area contributed by atoms with Gasteiger partial charge in [0, 0.05) is 44.2 Å². The highest BCUT2D eigenvalue weighted by Crippen LogP contribution is 2.53. The molecular formula is C76H68N2O2. The molecule has 0 atom stereocenters. The number of aryl methyl sites for hydroxylation is 4. The highest BCUT2D eigenvalue weighted by Gasteiger charge is 2.30. The second-order valence-electron chi connectivity index (χ2n) is 22.2. The van der Waals surface area contributed by atoms with Crippen LogP contribution in [0.1, 0.15) is 98.1 Å². The summed E-state index contributed by atoms with van der Waals surface area (Å²) in [5.41, 5.74) is 21.0. The summed E-state index contributed by atoms with van der Waals surface area (Å²) in [5, 5.41) is 21.0. The molecule has 0 aliphatic carbocycles. The molecule has 0 saturated heterocycles. The Bertz CT molecular complexity index is 4360. The number of nitrogens with zero attached hydrogens (tertiary/aromatic N) is 2. The number of furan rings is 1. The molecule has 0 amide bonds. The van der Waals surface area contributed by atoms with Crippen molar-refractivity contribution >= 4 is 83.5 Å². The van der Waals surface area contributed by atoms with E-state index in [9.17, 15) is 5.11 Å². The van der Waals surface area contributed by atoms with Crippen molar-refractivity contribution in [3.05, 3.63) is 251 Å². The van der Waals surface area contributed by atoms with E-state index in [2.05, 4.69) is 273 Å². The van der Waals surface area contributed by atoms with Gasteiger partial charge in [-0.15, -0.1) is 0 Å². The van der Waals surface area contributed by atoms with Gasteiger partial charge in [0.2, 0.25) is 0 Å². The van der Waals surface area contributed by atoms with Crippen molar-refractivity contribution in [2.75, 3.05) is 9.80 Å². The summed E-state index contributed by atoms with van der Waals surface area (Å²) in [5.74, 6) is 1.33. The molecule has 0 fully saturated rings. The number of para-hydroxylation sites is 2. The van der Waals surface area contributed by atoms with Crippen LogP contribution in [0.5, 0.6) is 5.75 Å². The van der Waals surface area contributed by atoms with Crippen molar-refractivity contribution in [1.29, 1.82) is 0 Å². The van der Waals surface area contributed by atoms with Crippen molar-refractivity contribution in [2.45, 2.75) is 80.6 Å². The van der Waals surface area contributed by atoms with Gasteiger partial charge in [0.05, 0.1) is 22.8 Å². The lowest BCUT2D eigenvalue weighted by Gasteiger charge is -2.32. The molecule has 0 aliphatic heterocycles. The van der Waals surface area contributed by atoms with Gasteiger partial charge in [-0.05, 0) is 161 Å². The van der Waals surface area contributed by atoms with Crippen LogP contribution in [0, 0.1) is 20.8 Å². The Kier molecular flexibility index (Phi) is 13.5. The van der Waals surface area contributed by atoms with Gasteiger partial charge in [-0.3, -0.25) is 0 Å². The molecule has 1 N–H and O–H groups in total. The molecule has 12 rings (SSSR count). The molecule has 0 bridgehead atoms. The van der Waals surface area contributed by atoms with Gasteiger partial charge in [0.1, 0.15) is 11.3 Å². The quantitative estimate of drug-likeness (QED) is 0.110. The zero-order chi connectivity index (χ0) is 55.5. The van der Waals surface area contributed by atoms with E-state index in [1.54, 1.807) is 0 Å². The maximum Gasteiger partial charge on any atom is 0.159 e. The molecule has 1 aromatic heterocycles. The predicted octanol–water partition coefficient (Wildman–Crippen LogP) is 22.1. The number of fused-ring (bicyclic) bond motifs is 1. The standard InChI is InChI=1S/C76H68N2O2/c1-11-51-22-15-17-26-58(51)63-29-19-28-62-56(12-2)76(80-75(62)63)68(13-3)77(54-35-31-48(8)32-36-54)70-44-66(46(4)5)60-40-42-65-71(45-67(47(6)7)61-39-41-64(70)72(60)73(61)65)78(55-37-33-49(9)34-38-55)69-30-20-27-59(74(69)79)53-24-18-23-52(43-53)57-25-16-14-21-50(57)10/h12-47,79H,2,11H2,1,3-10H3/b68-13+. The summed E-state index contributed by atoms with van der Waals surface area (Å²) in [6.07, 6.45) is 5.07. The van der Waals surface area contributed by atoms with Gasteiger partial charge in [-0.1, -0.05) is 210 Å². The van der Waals surface area contributed by atoms with Crippen LogP contribution < -0.4 is 9.80 Å². The second-order valence-corrected chi connectivity index (χ2v) is 22.2. The van der Waals surface area contributed by atoms with E-state index in [0.717, 1.165) is 95.8 Å². The third-order valence-corrected chi connectivity index (χ3v) is 16.5. The van der Waals surface area contributed by atoms with Gasteiger partial charge < -0.3 is 19.3 Å². The van der Waals surface area contributed by atoms with E-state index in [0.29, 0.717) is 5.69 Å². The van der Waals surface area contributed by atoms with Crippen LogP contribution in [0.2, 0.25) is 0 Å². The number of benzene rings is 11. The molecule has 12 aromatic rings. The van der Waals surface area contributed by atoms with Crippen molar-refractivity contribution in [2.24, 2.45) is 0 Å². The maximum atomic E-state index is 12.9. The Labute approximate surface area is 471 Å². The van der Waals surface area contributed by atoms with Crippen LogP contribution in [0.4, 0.5) is 28.4 Å². The van der Waals surface area contributed by atoms with Crippen molar-refractivity contribution in [3.63, 3.8) is 0 Å². The third kappa shape index (κ3) is 8.71. The molecule has 0 radical (unpaired) electrons. The summed E-state index contributed by atoms with van der Waals surface area (Å²) >= 11 is 0. The summed E-state index contributed by atoms with van der Waals surface area (Å²) in [7, 11) is 0. The maximum absolute atomic E-state index is 12.9. The lowest BCUT2D eigenvalue weighted by Crippen LogP contribution is -2.17. The zero-order valence-electron chi connectivity index (χ0n) is 47.4. The Balaban J connectivity index is 1.13. The predicted molar refractivity (Wildman–Crippen MR) is 343 cm³/mol. The highest BCUT2D eigenvalue weighted by molar-refractivity contribution is 6.30.